The van der Waals surface area contributed by atoms with Gasteiger partial charge in [0.2, 0.25) is 0 Å². The molecule has 0 atom stereocenters. The van der Waals surface area contributed by atoms with Crippen LogP contribution >= 0.6 is 0 Å². The van der Waals surface area contributed by atoms with Crippen LogP contribution in [-0.4, -0.2) is 30.7 Å². The van der Waals surface area contributed by atoms with Crippen LogP contribution < -0.4 is 24.0 Å². The Kier molecular flexibility index (Phi) is 9.20. The summed E-state index contributed by atoms with van der Waals surface area (Å²) in [7, 11) is 0. The number of quaternary nitrogens is 1. The van der Waals surface area contributed by atoms with Crippen molar-refractivity contribution >= 4 is 0 Å². The van der Waals surface area contributed by atoms with Crippen LogP contribution in [0.15, 0.2) is 0 Å². The molecule has 1 aliphatic heterocycles. The summed E-state index contributed by atoms with van der Waals surface area (Å²) < 4.78 is 1.46. The molecule has 1 fully saturated rings. The number of hydrogen-bond donors (Lipinski definition) is 0. The van der Waals surface area contributed by atoms with E-state index in [9.17, 15) is 0 Å². The lowest BCUT2D eigenvalue weighted by Gasteiger charge is -2.41. The lowest BCUT2D eigenvalue weighted by molar-refractivity contribution is -0.932. The maximum Gasteiger partial charge on any atom is 0.0786 e. The van der Waals surface area contributed by atoms with Crippen LogP contribution in [0.5, 0.6) is 0 Å². The molecule has 0 aromatic carbocycles. The largest absolute Gasteiger partial charge is 1.00 e. The Labute approximate surface area is 113 Å². The van der Waals surface area contributed by atoms with Crippen molar-refractivity contribution in [1.29, 1.82) is 0 Å². The van der Waals surface area contributed by atoms with Gasteiger partial charge >= 0.3 is 0 Å². The smallest absolute Gasteiger partial charge is 0.0786 e. The molecule has 1 rings (SSSR count). The molecular weight excluding hydrogens is 297 g/mol. The highest BCUT2D eigenvalue weighted by Crippen LogP contribution is 2.21. The number of hydrogen-bond acceptors (Lipinski definition) is 0. The molecule has 1 aliphatic rings. The van der Waals surface area contributed by atoms with Crippen molar-refractivity contribution in [2.24, 2.45) is 0 Å². The van der Waals surface area contributed by atoms with Crippen LogP contribution in [0.1, 0.15) is 58.8 Å². The van der Waals surface area contributed by atoms with Gasteiger partial charge in [0.15, 0.2) is 0 Å². The number of nitrogens with zero attached hydrogens (tertiary/aromatic N) is 1. The molecule has 0 saturated carbocycles. The molecule has 0 radical (unpaired) electrons. The molecule has 0 aliphatic carbocycles. The van der Waals surface area contributed by atoms with Crippen molar-refractivity contribution in [3.63, 3.8) is 0 Å². The first-order valence-corrected chi connectivity index (χ1v) is 6.68. The predicted molar refractivity (Wildman–Crippen MR) is 63.4 cm³/mol. The van der Waals surface area contributed by atoms with Gasteiger partial charge < -0.3 is 28.5 Å². The number of rotatable bonds is 6. The minimum atomic E-state index is 0. The maximum atomic E-state index is 2.32. The van der Waals surface area contributed by atoms with Gasteiger partial charge in [-0.1, -0.05) is 26.7 Å². The molecule has 1 saturated heterocycles. The van der Waals surface area contributed by atoms with Gasteiger partial charge in [-0.25, -0.2) is 0 Å². The van der Waals surface area contributed by atoms with E-state index in [0.717, 1.165) is 0 Å². The zero-order chi connectivity index (χ0) is 10.3. The third-order valence-corrected chi connectivity index (χ3v) is 3.74. The van der Waals surface area contributed by atoms with Gasteiger partial charge in [0.1, 0.15) is 0 Å². The average Bonchev–Trinajstić information content (AvgIpc) is 2.25. The van der Waals surface area contributed by atoms with Crippen LogP contribution in [0.4, 0.5) is 0 Å². The monoisotopic (exact) mass is 325 g/mol. The van der Waals surface area contributed by atoms with E-state index in [0.29, 0.717) is 0 Å². The minimum absolute atomic E-state index is 0. The van der Waals surface area contributed by atoms with E-state index >= 15 is 0 Å². The van der Waals surface area contributed by atoms with Crippen molar-refractivity contribution in [3.8, 4) is 0 Å². The van der Waals surface area contributed by atoms with Gasteiger partial charge in [-0.2, -0.15) is 0 Å². The molecule has 0 bridgehead atoms. The van der Waals surface area contributed by atoms with Crippen LogP contribution in [0.3, 0.4) is 0 Å². The molecule has 1 nitrogen and oxygen atoms in total. The SMILES string of the molecule is CCCC[N+]1(CCCC)CCCCC1.[I-]. The quantitative estimate of drug-likeness (QED) is 0.495. The summed E-state index contributed by atoms with van der Waals surface area (Å²) in [5.74, 6) is 0. The van der Waals surface area contributed by atoms with E-state index in [1.165, 1.54) is 75.6 Å². The van der Waals surface area contributed by atoms with Crippen LogP contribution in [0.25, 0.3) is 0 Å². The summed E-state index contributed by atoms with van der Waals surface area (Å²) >= 11 is 0. The van der Waals surface area contributed by atoms with E-state index in [-0.39, 0.29) is 24.0 Å². The molecule has 0 unspecified atom stereocenters. The van der Waals surface area contributed by atoms with Crippen molar-refractivity contribution in [3.05, 3.63) is 0 Å². The topological polar surface area (TPSA) is 0 Å². The molecule has 15 heavy (non-hydrogen) atoms. The molecule has 1 heterocycles. The maximum absolute atomic E-state index is 2.32. The fourth-order valence-electron chi connectivity index (χ4n) is 2.73. The Morgan fingerprint density at radius 2 is 1.27 bits per heavy atom. The summed E-state index contributed by atoms with van der Waals surface area (Å²) in [4.78, 5) is 0. The molecule has 0 amide bonds. The minimum Gasteiger partial charge on any atom is -1.00 e. The molecule has 0 aromatic rings. The lowest BCUT2D eigenvalue weighted by Crippen LogP contribution is -3.00. The summed E-state index contributed by atoms with van der Waals surface area (Å²) in [5.41, 5.74) is 0. The first-order valence-electron chi connectivity index (χ1n) is 6.68. The number of piperidine rings is 1. The first-order chi connectivity index (χ1) is 6.83. The Morgan fingerprint density at radius 1 is 0.800 bits per heavy atom. The molecule has 0 N–H and O–H groups in total. The van der Waals surface area contributed by atoms with Crippen molar-refractivity contribution in [2.75, 3.05) is 26.2 Å². The van der Waals surface area contributed by atoms with Crippen LogP contribution in [0, 0.1) is 0 Å². The Bertz CT molecular complexity index is 131. The van der Waals surface area contributed by atoms with Crippen molar-refractivity contribution < 1.29 is 28.5 Å². The van der Waals surface area contributed by atoms with Gasteiger partial charge in [0.25, 0.3) is 0 Å². The molecule has 0 spiro atoms. The highest BCUT2D eigenvalue weighted by atomic mass is 127. The second kappa shape index (κ2) is 8.80. The third kappa shape index (κ3) is 5.53. The molecule has 0 aromatic heterocycles. The number of halogens is 1. The van der Waals surface area contributed by atoms with Crippen LogP contribution in [-0.2, 0) is 0 Å². The zero-order valence-electron chi connectivity index (χ0n) is 10.6. The standard InChI is InChI=1S/C13H28N.HI/c1-3-5-10-14(11-6-4-2)12-8-7-9-13-14;/h3-13H2,1-2H3;1H/q+1;/p-1. The molecular formula is C13H28IN. The van der Waals surface area contributed by atoms with Crippen LogP contribution in [0.2, 0.25) is 0 Å². The highest BCUT2D eigenvalue weighted by molar-refractivity contribution is 4.55. The second-order valence-corrected chi connectivity index (χ2v) is 5.00. The van der Waals surface area contributed by atoms with E-state index < -0.39 is 0 Å². The normalized spacial score (nSPS) is 19.6. The van der Waals surface area contributed by atoms with Gasteiger partial charge in [0.05, 0.1) is 26.2 Å². The van der Waals surface area contributed by atoms with Gasteiger partial charge in [-0.3, -0.25) is 0 Å². The summed E-state index contributed by atoms with van der Waals surface area (Å²) in [6.45, 7) is 10.5. The molecule has 92 valence electrons. The van der Waals surface area contributed by atoms with E-state index in [4.69, 9.17) is 0 Å². The summed E-state index contributed by atoms with van der Waals surface area (Å²) in [6.07, 6.45) is 10.0. The fraction of sp³-hybridized carbons (Fsp3) is 1.00. The van der Waals surface area contributed by atoms with Gasteiger partial charge in [-0.05, 0) is 32.1 Å². The van der Waals surface area contributed by atoms with Gasteiger partial charge in [0, 0.05) is 0 Å². The highest BCUT2D eigenvalue weighted by Gasteiger charge is 2.28. The Morgan fingerprint density at radius 3 is 1.67 bits per heavy atom. The van der Waals surface area contributed by atoms with Crippen molar-refractivity contribution in [2.45, 2.75) is 58.8 Å². The fourth-order valence-corrected chi connectivity index (χ4v) is 2.73. The average molecular weight is 325 g/mol. The third-order valence-electron chi connectivity index (χ3n) is 3.74. The van der Waals surface area contributed by atoms with E-state index in [2.05, 4.69) is 13.8 Å². The Balaban J connectivity index is 0.00000196. The first kappa shape index (κ1) is 15.7. The predicted octanol–water partition coefficient (Wildman–Crippen LogP) is 0.591. The van der Waals surface area contributed by atoms with Crippen molar-refractivity contribution in [1.82, 2.24) is 0 Å². The Hall–Kier alpha value is 0.690. The molecule has 2 heteroatoms. The van der Waals surface area contributed by atoms with E-state index in [1.807, 2.05) is 0 Å². The summed E-state index contributed by atoms with van der Waals surface area (Å²) in [6, 6.07) is 0. The summed E-state index contributed by atoms with van der Waals surface area (Å²) in [5, 5.41) is 0. The van der Waals surface area contributed by atoms with Gasteiger partial charge in [-0.15, -0.1) is 0 Å². The lowest BCUT2D eigenvalue weighted by atomic mass is 10.1. The number of likely N-dealkylation sites (tertiary alicyclic amines) is 1. The second-order valence-electron chi connectivity index (χ2n) is 5.00. The van der Waals surface area contributed by atoms with E-state index in [1.54, 1.807) is 0 Å². The number of unbranched alkanes of at least 4 members (excludes halogenated alkanes) is 2. The zero-order valence-corrected chi connectivity index (χ0v) is 12.8.